The van der Waals surface area contributed by atoms with Crippen molar-refractivity contribution in [3.8, 4) is 5.75 Å². The van der Waals surface area contributed by atoms with Crippen LogP contribution in [-0.2, 0) is 19.5 Å². The molecule has 0 radical (unpaired) electrons. The average molecular weight is 379 g/mol. The molecule has 4 rings (SSSR count). The summed E-state index contributed by atoms with van der Waals surface area (Å²) in [6.07, 6.45) is 5.52. The van der Waals surface area contributed by atoms with E-state index < -0.39 is 0 Å². The molecule has 1 aromatic carbocycles. The monoisotopic (exact) mass is 379 g/mol. The van der Waals surface area contributed by atoms with Crippen molar-refractivity contribution >= 4 is 0 Å². The third-order valence-corrected chi connectivity index (χ3v) is 5.23. The van der Waals surface area contributed by atoms with Gasteiger partial charge >= 0.3 is 0 Å². The summed E-state index contributed by atoms with van der Waals surface area (Å²) in [6.45, 7) is 2.95. The fourth-order valence-corrected chi connectivity index (χ4v) is 3.86. The van der Waals surface area contributed by atoms with Gasteiger partial charge in [0.1, 0.15) is 18.4 Å². The van der Waals surface area contributed by atoms with Crippen molar-refractivity contribution in [2.45, 2.75) is 25.6 Å². The lowest BCUT2D eigenvalue weighted by atomic mass is 10.00. The molecule has 3 heterocycles. The maximum atomic E-state index is 10.5. The lowest BCUT2D eigenvalue weighted by Gasteiger charge is -2.17. The summed E-state index contributed by atoms with van der Waals surface area (Å²) in [7, 11) is 1.68. The number of rotatable bonds is 7. The van der Waals surface area contributed by atoms with Gasteiger partial charge in [-0.2, -0.15) is 5.10 Å². The van der Waals surface area contributed by atoms with Crippen LogP contribution in [0.2, 0.25) is 0 Å². The second-order valence-electron chi connectivity index (χ2n) is 7.29. The summed E-state index contributed by atoms with van der Waals surface area (Å²) in [5.41, 5.74) is 3.30. The Labute approximate surface area is 164 Å². The molecule has 3 aromatic rings. The van der Waals surface area contributed by atoms with Crippen LogP contribution >= 0.6 is 0 Å². The van der Waals surface area contributed by atoms with Crippen LogP contribution in [0, 0.1) is 5.92 Å². The highest BCUT2D eigenvalue weighted by atomic mass is 16.5. The Balaban J connectivity index is 1.42. The van der Waals surface area contributed by atoms with Gasteiger partial charge in [0.05, 0.1) is 19.8 Å². The van der Waals surface area contributed by atoms with Gasteiger partial charge in [-0.05, 0) is 36.2 Å². The van der Waals surface area contributed by atoms with Crippen LogP contribution in [-0.4, -0.2) is 56.1 Å². The summed E-state index contributed by atoms with van der Waals surface area (Å²) in [5.74, 6) is 1.05. The number of hydrogen-bond acceptors (Lipinski definition) is 6. The van der Waals surface area contributed by atoms with E-state index in [9.17, 15) is 5.11 Å². The van der Waals surface area contributed by atoms with Crippen molar-refractivity contribution in [1.82, 2.24) is 24.6 Å². The van der Waals surface area contributed by atoms with Crippen LogP contribution in [0.1, 0.15) is 16.8 Å². The number of hydrogen-bond donors (Lipinski definition) is 1. The van der Waals surface area contributed by atoms with Crippen LogP contribution in [0.5, 0.6) is 5.75 Å². The SMILES string of the molecule is COc1ccc(CN2C[C@@H](Cc3ccccn3)[C@H](O)C2)cc1Cn1cncn1. The van der Waals surface area contributed by atoms with Gasteiger partial charge < -0.3 is 9.84 Å². The van der Waals surface area contributed by atoms with Crippen LogP contribution in [0.3, 0.4) is 0 Å². The molecular weight excluding hydrogens is 354 g/mol. The minimum absolute atomic E-state index is 0.211. The molecule has 0 spiro atoms. The van der Waals surface area contributed by atoms with Gasteiger partial charge in [0.2, 0.25) is 0 Å². The number of ether oxygens (including phenoxy) is 1. The molecule has 1 aliphatic heterocycles. The van der Waals surface area contributed by atoms with E-state index in [4.69, 9.17) is 4.74 Å². The van der Waals surface area contributed by atoms with Gasteiger partial charge in [0.25, 0.3) is 0 Å². The van der Waals surface area contributed by atoms with Gasteiger partial charge in [-0.3, -0.25) is 9.88 Å². The molecule has 0 aliphatic carbocycles. The molecule has 0 bridgehead atoms. The number of nitrogens with zero attached hydrogens (tertiary/aromatic N) is 5. The van der Waals surface area contributed by atoms with Crippen molar-refractivity contribution in [3.05, 3.63) is 72.1 Å². The summed E-state index contributed by atoms with van der Waals surface area (Å²) in [6, 6.07) is 12.2. The first-order chi connectivity index (χ1) is 13.7. The van der Waals surface area contributed by atoms with Crippen LogP contribution < -0.4 is 4.74 Å². The third kappa shape index (κ3) is 4.37. The lowest BCUT2D eigenvalue weighted by Crippen LogP contribution is -2.21. The third-order valence-electron chi connectivity index (χ3n) is 5.23. The lowest BCUT2D eigenvalue weighted by molar-refractivity contribution is 0.140. The second kappa shape index (κ2) is 8.50. The Bertz CT molecular complexity index is 885. The van der Waals surface area contributed by atoms with E-state index in [0.29, 0.717) is 13.1 Å². The second-order valence-corrected chi connectivity index (χ2v) is 7.29. The number of β-amino-alcohol motifs (C(OH)–C–C–N with tert-alkyl or cyclic N) is 1. The fourth-order valence-electron chi connectivity index (χ4n) is 3.86. The number of methoxy groups -OCH3 is 1. The Hall–Kier alpha value is -2.77. The molecule has 1 aliphatic rings. The fraction of sp³-hybridized carbons (Fsp3) is 0.381. The zero-order valence-electron chi connectivity index (χ0n) is 16.0. The van der Waals surface area contributed by atoms with Crippen molar-refractivity contribution in [1.29, 1.82) is 0 Å². The Morgan fingerprint density at radius 3 is 2.86 bits per heavy atom. The minimum Gasteiger partial charge on any atom is -0.496 e. The van der Waals surface area contributed by atoms with E-state index in [2.05, 4.69) is 32.1 Å². The first-order valence-corrected chi connectivity index (χ1v) is 9.50. The van der Waals surface area contributed by atoms with Gasteiger partial charge in [0.15, 0.2) is 0 Å². The summed E-state index contributed by atoms with van der Waals surface area (Å²) in [5, 5.41) is 14.7. The Kier molecular flexibility index (Phi) is 5.64. The van der Waals surface area contributed by atoms with Crippen molar-refractivity contribution in [3.63, 3.8) is 0 Å². The number of benzene rings is 1. The van der Waals surface area contributed by atoms with Crippen molar-refractivity contribution in [2.24, 2.45) is 5.92 Å². The number of aliphatic hydroxyl groups excluding tert-OH is 1. The number of aliphatic hydroxyl groups is 1. The topological polar surface area (TPSA) is 76.3 Å². The molecule has 28 heavy (non-hydrogen) atoms. The molecule has 1 saturated heterocycles. The average Bonchev–Trinajstić information content (AvgIpc) is 3.33. The number of aromatic nitrogens is 4. The van der Waals surface area contributed by atoms with Crippen LogP contribution in [0.25, 0.3) is 0 Å². The first-order valence-electron chi connectivity index (χ1n) is 9.50. The Morgan fingerprint density at radius 2 is 2.11 bits per heavy atom. The summed E-state index contributed by atoms with van der Waals surface area (Å²) < 4.78 is 7.28. The largest absolute Gasteiger partial charge is 0.496 e. The molecule has 146 valence electrons. The normalized spacial score (nSPS) is 19.8. The number of pyridine rings is 1. The van der Waals surface area contributed by atoms with Gasteiger partial charge in [0, 0.05) is 43.0 Å². The molecule has 7 heteroatoms. The molecule has 2 aromatic heterocycles. The predicted molar refractivity (Wildman–Crippen MR) is 105 cm³/mol. The maximum absolute atomic E-state index is 10.5. The van der Waals surface area contributed by atoms with Crippen LogP contribution in [0.4, 0.5) is 0 Å². The highest BCUT2D eigenvalue weighted by Gasteiger charge is 2.31. The van der Waals surface area contributed by atoms with Gasteiger partial charge in [-0.1, -0.05) is 12.1 Å². The van der Waals surface area contributed by atoms with E-state index in [1.54, 1.807) is 18.1 Å². The maximum Gasteiger partial charge on any atom is 0.137 e. The van der Waals surface area contributed by atoms with E-state index in [1.165, 1.54) is 11.9 Å². The number of likely N-dealkylation sites (tertiary alicyclic amines) is 1. The standard InChI is InChI=1S/C21H25N5O2/c1-28-21-6-5-16(8-18(21)12-26-15-22-14-24-26)10-25-11-17(20(27)13-25)9-19-4-2-3-7-23-19/h2-8,14-15,17,20,27H,9-13H2,1H3/t17-,20-/m1/s1. The molecule has 0 amide bonds. The van der Waals surface area contributed by atoms with Crippen LogP contribution in [0.15, 0.2) is 55.2 Å². The van der Waals surface area contributed by atoms with E-state index >= 15 is 0 Å². The van der Waals surface area contributed by atoms with Crippen molar-refractivity contribution < 1.29 is 9.84 Å². The van der Waals surface area contributed by atoms with E-state index in [0.717, 1.165) is 36.5 Å². The van der Waals surface area contributed by atoms with E-state index in [1.807, 2.05) is 30.5 Å². The molecule has 0 unspecified atom stereocenters. The van der Waals surface area contributed by atoms with Crippen molar-refractivity contribution in [2.75, 3.05) is 20.2 Å². The first kappa shape index (κ1) is 18.6. The summed E-state index contributed by atoms with van der Waals surface area (Å²) in [4.78, 5) is 10.7. The Morgan fingerprint density at radius 1 is 1.18 bits per heavy atom. The van der Waals surface area contributed by atoms with E-state index in [-0.39, 0.29) is 12.0 Å². The highest BCUT2D eigenvalue weighted by Crippen LogP contribution is 2.25. The smallest absolute Gasteiger partial charge is 0.137 e. The zero-order chi connectivity index (χ0) is 19.3. The minimum atomic E-state index is -0.324. The zero-order valence-corrected chi connectivity index (χ0v) is 16.0. The van der Waals surface area contributed by atoms with Gasteiger partial charge in [-0.25, -0.2) is 9.67 Å². The quantitative estimate of drug-likeness (QED) is 0.674. The molecule has 1 N–H and O–H groups in total. The van der Waals surface area contributed by atoms with Gasteiger partial charge in [-0.15, -0.1) is 0 Å². The molecule has 2 atom stereocenters. The molecule has 1 fully saturated rings. The molecular formula is C21H25N5O2. The molecule has 0 saturated carbocycles. The predicted octanol–water partition coefficient (Wildman–Crippen LogP) is 1.77. The highest BCUT2D eigenvalue weighted by molar-refractivity contribution is 5.37. The molecule has 7 nitrogen and oxygen atoms in total. The summed E-state index contributed by atoms with van der Waals surface area (Å²) >= 11 is 0.